The highest BCUT2D eigenvalue weighted by Crippen LogP contribution is 2.29. The number of nitrogens with zero attached hydrogens (tertiary/aromatic N) is 2. The third-order valence-corrected chi connectivity index (χ3v) is 3.00. The fraction of sp³-hybridized carbons (Fsp3) is 0.214. The molecule has 1 aromatic heterocycles. The Labute approximate surface area is 126 Å². The average molecular weight is 308 g/mol. The van der Waals surface area contributed by atoms with Crippen molar-refractivity contribution < 1.29 is 9.66 Å². The Morgan fingerprint density at radius 3 is 2.86 bits per heavy atom. The number of anilines is 1. The molecule has 2 rings (SSSR count). The largest absolute Gasteiger partial charge is 0.487 e. The Bertz CT molecular complexity index is 649. The van der Waals surface area contributed by atoms with Crippen molar-refractivity contribution >= 4 is 23.1 Å². The molecular weight excluding hydrogens is 294 g/mol. The summed E-state index contributed by atoms with van der Waals surface area (Å²) in [4.78, 5) is 14.3. The van der Waals surface area contributed by atoms with Crippen LogP contribution in [0.1, 0.15) is 12.5 Å². The maximum atomic E-state index is 10.6. The van der Waals surface area contributed by atoms with Crippen molar-refractivity contribution in [2.75, 3.05) is 11.9 Å². The highest BCUT2D eigenvalue weighted by atomic mass is 35.5. The van der Waals surface area contributed by atoms with E-state index in [9.17, 15) is 10.1 Å². The minimum atomic E-state index is -0.499. The summed E-state index contributed by atoms with van der Waals surface area (Å²) >= 11 is 5.97. The van der Waals surface area contributed by atoms with E-state index in [1.165, 1.54) is 18.2 Å². The number of benzene rings is 1. The Morgan fingerprint density at radius 2 is 2.19 bits per heavy atom. The van der Waals surface area contributed by atoms with Gasteiger partial charge in [0.25, 0.3) is 5.69 Å². The summed E-state index contributed by atoms with van der Waals surface area (Å²) in [5, 5.41) is 14.0. The smallest absolute Gasteiger partial charge is 0.271 e. The second-order valence-corrected chi connectivity index (χ2v) is 4.65. The lowest BCUT2D eigenvalue weighted by atomic mass is 10.2. The predicted molar refractivity (Wildman–Crippen MR) is 80.8 cm³/mol. The van der Waals surface area contributed by atoms with Gasteiger partial charge in [0.2, 0.25) is 0 Å². The molecule has 0 fully saturated rings. The Hall–Kier alpha value is -2.34. The molecule has 0 aliphatic heterocycles. The molecule has 0 saturated heterocycles. The van der Waals surface area contributed by atoms with Crippen LogP contribution in [0.3, 0.4) is 0 Å². The van der Waals surface area contributed by atoms with E-state index >= 15 is 0 Å². The van der Waals surface area contributed by atoms with Gasteiger partial charge in [-0.15, -0.1) is 0 Å². The summed E-state index contributed by atoms with van der Waals surface area (Å²) in [5.41, 5.74) is 0.862. The minimum absolute atomic E-state index is 0.0642. The molecule has 0 saturated carbocycles. The maximum absolute atomic E-state index is 10.6. The van der Waals surface area contributed by atoms with E-state index in [0.29, 0.717) is 12.4 Å². The van der Waals surface area contributed by atoms with Crippen molar-refractivity contribution in [1.82, 2.24) is 4.98 Å². The summed E-state index contributed by atoms with van der Waals surface area (Å²) in [6.07, 6.45) is 1.69. The molecule has 0 unspecified atom stereocenters. The molecule has 0 bridgehead atoms. The first-order valence-electron chi connectivity index (χ1n) is 6.35. The number of ether oxygens (including phenoxy) is 1. The monoisotopic (exact) mass is 307 g/mol. The van der Waals surface area contributed by atoms with Gasteiger partial charge < -0.3 is 10.1 Å². The molecule has 21 heavy (non-hydrogen) atoms. The fourth-order valence-corrected chi connectivity index (χ4v) is 1.95. The SMILES string of the molecule is CCNc1cc(COc2ccc([N+](=O)[O-])cc2Cl)ccn1. The lowest BCUT2D eigenvalue weighted by molar-refractivity contribution is -0.384. The molecule has 0 aliphatic carbocycles. The third-order valence-electron chi connectivity index (χ3n) is 2.70. The van der Waals surface area contributed by atoms with Gasteiger partial charge in [-0.25, -0.2) is 4.98 Å². The van der Waals surface area contributed by atoms with Crippen molar-refractivity contribution in [2.45, 2.75) is 13.5 Å². The van der Waals surface area contributed by atoms with Gasteiger partial charge in [-0.2, -0.15) is 0 Å². The van der Waals surface area contributed by atoms with Crippen molar-refractivity contribution in [3.05, 3.63) is 57.2 Å². The number of non-ortho nitro benzene ring substituents is 1. The first-order chi connectivity index (χ1) is 10.1. The van der Waals surface area contributed by atoms with Crippen LogP contribution >= 0.6 is 11.6 Å². The number of nitro benzene ring substituents is 1. The van der Waals surface area contributed by atoms with Gasteiger partial charge in [0, 0.05) is 24.9 Å². The van der Waals surface area contributed by atoms with Crippen LogP contribution in [-0.4, -0.2) is 16.5 Å². The van der Waals surface area contributed by atoms with Crippen molar-refractivity contribution in [1.29, 1.82) is 0 Å². The molecule has 1 aromatic carbocycles. The predicted octanol–water partition coefficient (Wildman–Crippen LogP) is 3.65. The Balaban J connectivity index is 2.06. The minimum Gasteiger partial charge on any atom is -0.487 e. The number of halogens is 1. The van der Waals surface area contributed by atoms with Gasteiger partial charge in [0.15, 0.2) is 0 Å². The van der Waals surface area contributed by atoms with Gasteiger partial charge in [0.05, 0.1) is 9.95 Å². The molecule has 0 radical (unpaired) electrons. The van der Waals surface area contributed by atoms with Crippen LogP contribution in [0.4, 0.5) is 11.5 Å². The number of hydrogen-bond donors (Lipinski definition) is 1. The van der Waals surface area contributed by atoms with Crippen LogP contribution < -0.4 is 10.1 Å². The molecule has 1 heterocycles. The Morgan fingerprint density at radius 1 is 1.38 bits per heavy atom. The summed E-state index contributed by atoms with van der Waals surface area (Å²) in [6.45, 7) is 3.07. The van der Waals surface area contributed by atoms with Crippen molar-refractivity contribution in [3.8, 4) is 5.75 Å². The van der Waals surface area contributed by atoms with E-state index < -0.39 is 4.92 Å². The van der Waals surface area contributed by atoms with E-state index in [1.54, 1.807) is 6.20 Å². The van der Waals surface area contributed by atoms with Crippen LogP contribution in [0.25, 0.3) is 0 Å². The molecule has 6 nitrogen and oxygen atoms in total. The van der Waals surface area contributed by atoms with Gasteiger partial charge in [-0.3, -0.25) is 10.1 Å². The zero-order valence-electron chi connectivity index (χ0n) is 11.4. The number of aromatic nitrogens is 1. The summed E-state index contributed by atoms with van der Waals surface area (Å²) in [7, 11) is 0. The first-order valence-corrected chi connectivity index (χ1v) is 6.73. The molecule has 1 N–H and O–H groups in total. The van der Waals surface area contributed by atoms with Gasteiger partial charge >= 0.3 is 0 Å². The van der Waals surface area contributed by atoms with Crippen molar-refractivity contribution in [2.24, 2.45) is 0 Å². The summed E-state index contributed by atoms with van der Waals surface area (Å²) < 4.78 is 5.58. The van der Waals surface area contributed by atoms with E-state index in [-0.39, 0.29) is 10.7 Å². The summed E-state index contributed by atoms with van der Waals surface area (Å²) in [5.74, 6) is 1.18. The molecule has 110 valence electrons. The number of hydrogen-bond acceptors (Lipinski definition) is 5. The van der Waals surface area contributed by atoms with E-state index in [4.69, 9.17) is 16.3 Å². The lowest BCUT2D eigenvalue weighted by Gasteiger charge is -2.09. The highest BCUT2D eigenvalue weighted by molar-refractivity contribution is 6.32. The standard InChI is InChI=1S/C14H14ClN3O3/c1-2-16-14-7-10(5-6-17-14)9-21-13-4-3-11(18(19)20)8-12(13)15/h3-8H,2,9H2,1H3,(H,16,17). The lowest BCUT2D eigenvalue weighted by Crippen LogP contribution is -2.01. The first kappa shape index (κ1) is 15.1. The molecule has 0 aliphatic rings. The van der Waals surface area contributed by atoms with E-state index in [2.05, 4.69) is 10.3 Å². The van der Waals surface area contributed by atoms with Crippen LogP contribution in [0.5, 0.6) is 5.75 Å². The number of pyridine rings is 1. The quantitative estimate of drug-likeness (QED) is 0.651. The maximum Gasteiger partial charge on any atom is 0.271 e. The average Bonchev–Trinajstić information content (AvgIpc) is 2.46. The molecular formula is C14H14ClN3O3. The molecule has 2 aromatic rings. The topological polar surface area (TPSA) is 77.3 Å². The highest BCUT2D eigenvalue weighted by Gasteiger charge is 2.10. The zero-order chi connectivity index (χ0) is 15.2. The molecule has 0 atom stereocenters. The van der Waals surface area contributed by atoms with Gasteiger partial charge in [-0.1, -0.05) is 11.6 Å². The molecule has 7 heteroatoms. The van der Waals surface area contributed by atoms with Gasteiger partial charge in [-0.05, 0) is 30.7 Å². The second kappa shape index (κ2) is 6.90. The zero-order valence-corrected chi connectivity index (χ0v) is 12.1. The van der Waals surface area contributed by atoms with E-state index in [1.807, 2.05) is 19.1 Å². The van der Waals surface area contributed by atoms with Crippen LogP contribution in [0.2, 0.25) is 5.02 Å². The molecule has 0 spiro atoms. The normalized spacial score (nSPS) is 10.2. The van der Waals surface area contributed by atoms with Crippen LogP contribution in [0, 0.1) is 10.1 Å². The Kier molecular flexibility index (Phi) is 4.94. The fourth-order valence-electron chi connectivity index (χ4n) is 1.72. The number of nitrogens with one attached hydrogen (secondary N) is 1. The summed E-state index contributed by atoms with van der Waals surface area (Å²) in [6, 6.07) is 7.83. The van der Waals surface area contributed by atoms with Crippen LogP contribution in [-0.2, 0) is 6.61 Å². The van der Waals surface area contributed by atoms with Crippen molar-refractivity contribution in [3.63, 3.8) is 0 Å². The number of nitro groups is 1. The molecule has 0 amide bonds. The number of rotatable bonds is 6. The van der Waals surface area contributed by atoms with Gasteiger partial charge in [0.1, 0.15) is 18.2 Å². The van der Waals surface area contributed by atoms with E-state index in [0.717, 1.165) is 17.9 Å². The third kappa shape index (κ3) is 4.06. The second-order valence-electron chi connectivity index (χ2n) is 4.24. The van der Waals surface area contributed by atoms with Crippen LogP contribution in [0.15, 0.2) is 36.5 Å².